The van der Waals surface area contributed by atoms with E-state index in [-0.39, 0.29) is 12.1 Å². The quantitative estimate of drug-likeness (QED) is 0.378. The van der Waals surface area contributed by atoms with Crippen LogP contribution in [0.4, 0.5) is 37.7 Å². The van der Waals surface area contributed by atoms with Gasteiger partial charge in [0.15, 0.2) is 0 Å². The van der Waals surface area contributed by atoms with Crippen LogP contribution in [0.1, 0.15) is 39.3 Å². The van der Waals surface area contributed by atoms with Crippen molar-refractivity contribution >= 4 is 11.4 Å². The summed E-state index contributed by atoms with van der Waals surface area (Å²) in [6.07, 6.45) is -10.2. The normalized spacial score (nSPS) is 15.8. The van der Waals surface area contributed by atoms with Crippen LogP contribution in [-0.2, 0) is 19.0 Å². The van der Waals surface area contributed by atoms with Crippen molar-refractivity contribution in [1.82, 2.24) is 0 Å². The van der Waals surface area contributed by atoms with Gasteiger partial charge in [-0.15, -0.1) is 0 Å². The number of nitro groups is 2. The minimum absolute atomic E-state index is 0.170. The van der Waals surface area contributed by atoms with E-state index in [0.29, 0.717) is 6.07 Å². The Labute approximate surface area is 156 Å². The maximum absolute atomic E-state index is 13.4. The molecule has 0 spiro atoms. The average molecular weight is 422 g/mol. The molecule has 0 aromatic heterocycles. The second-order valence-corrected chi connectivity index (χ2v) is 6.12. The summed E-state index contributed by atoms with van der Waals surface area (Å²) in [5.41, 5.74) is -7.24. The predicted molar refractivity (Wildman–Crippen MR) is 83.1 cm³/mol. The molecule has 0 saturated heterocycles. The molecule has 0 amide bonds. The van der Waals surface area contributed by atoms with Gasteiger partial charge in [-0.1, -0.05) is 6.07 Å². The van der Waals surface area contributed by atoms with E-state index >= 15 is 0 Å². The zero-order valence-electron chi connectivity index (χ0n) is 13.8. The fraction of sp³-hybridized carbons (Fsp3) is 0.250. The molecule has 2 aromatic carbocycles. The summed E-state index contributed by atoms with van der Waals surface area (Å²) in [6.45, 7) is -1.21. The van der Waals surface area contributed by atoms with Crippen molar-refractivity contribution in [2.24, 2.45) is 0 Å². The number of nitrogens with zero attached hydrogens (tertiary/aromatic N) is 2. The van der Waals surface area contributed by atoms with Crippen LogP contribution >= 0.6 is 0 Å². The second-order valence-electron chi connectivity index (χ2n) is 6.12. The number of benzene rings is 2. The van der Waals surface area contributed by atoms with Gasteiger partial charge in [0.05, 0.1) is 27.6 Å². The third-order valence-electron chi connectivity index (χ3n) is 4.52. The number of halogens is 6. The third-order valence-corrected chi connectivity index (χ3v) is 4.52. The fourth-order valence-corrected chi connectivity index (χ4v) is 3.33. The summed E-state index contributed by atoms with van der Waals surface area (Å²) in [7, 11) is 0. The van der Waals surface area contributed by atoms with E-state index < -0.39 is 79.5 Å². The highest BCUT2D eigenvalue weighted by atomic mass is 19.4. The Kier molecular flexibility index (Phi) is 4.53. The lowest BCUT2D eigenvalue weighted by Gasteiger charge is -2.13. The molecule has 0 radical (unpaired) electrons. The number of rotatable bonds is 4. The lowest BCUT2D eigenvalue weighted by Crippen LogP contribution is -2.11. The summed E-state index contributed by atoms with van der Waals surface area (Å²) in [5, 5.41) is 31.3. The average Bonchev–Trinajstić information content (AvgIpc) is 3.33. The molecule has 0 fully saturated rings. The molecule has 2 aromatic rings. The molecule has 154 valence electrons. The number of alkyl halides is 6. The molecular weight excluding hydrogens is 414 g/mol. The van der Waals surface area contributed by atoms with Crippen molar-refractivity contribution in [3.63, 3.8) is 0 Å². The molecule has 1 N–H and O–H groups in total. The Bertz CT molecular complexity index is 1050. The Balaban J connectivity index is 2.28. The molecule has 0 unspecified atom stereocenters. The van der Waals surface area contributed by atoms with Gasteiger partial charge in [-0.25, -0.2) is 0 Å². The highest BCUT2D eigenvalue weighted by molar-refractivity contribution is 5.75. The molecule has 1 atom stereocenters. The van der Waals surface area contributed by atoms with E-state index in [2.05, 4.69) is 0 Å². The van der Waals surface area contributed by atoms with Crippen LogP contribution in [0.3, 0.4) is 0 Å². The van der Waals surface area contributed by atoms with Crippen LogP contribution in [-0.4, -0.2) is 15.0 Å². The standard InChI is InChI=1S/C16H8F6N2O5/c17-15(18,19)9-3-6(23(26)27)1-2-7(9)12-13-8(5-25)10(16(20,21)22)4-11(14(12)13)24(28)29/h1-4,12,25H,5H2/t12-/m0/s1. The van der Waals surface area contributed by atoms with Crippen molar-refractivity contribution in [3.8, 4) is 0 Å². The van der Waals surface area contributed by atoms with Crippen LogP contribution in [0, 0.1) is 20.2 Å². The van der Waals surface area contributed by atoms with Crippen LogP contribution < -0.4 is 0 Å². The number of non-ortho nitro benzene ring substituents is 1. The molecule has 1 aliphatic carbocycles. The van der Waals surface area contributed by atoms with E-state index in [4.69, 9.17) is 0 Å². The van der Waals surface area contributed by atoms with E-state index in [9.17, 15) is 51.7 Å². The number of aliphatic hydroxyl groups excluding tert-OH is 1. The maximum Gasteiger partial charge on any atom is 0.417 e. The van der Waals surface area contributed by atoms with Gasteiger partial charge in [0.1, 0.15) is 0 Å². The van der Waals surface area contributed by atoms with Crippen molar-refractivity contribution in [2.45, 2.75) is 24.9 Å². The van der Waals surface area contributed by atoms with Crippen molar-refractivity contribution in [3.05, 3.63) is 77.9 Å². The second kappa shape index (κ2) is 6.40. The molecule has 3 rings (SSSR count). The predicted octanol–water partition coefficient (Wildman–Crippen LogP) is 4.53. The molecule has 0 aliphatic heterocycles. The first kappa shape index (κ1) is 20.5. The number of aliphatic hydroxyl groups is 1. The number of fused-ring (bicyclic) bond motifs is 1. The van der Waals surface area contributed by atoms with Crippen LogP contribution in [0.25, 0.3) is 0 Å². The van der Waals surface area contributed by atoms with Crippen molar-refractivity contribution in [2.75, 3.05) is 0 Å². The monoisotopic (exact) mass is 422 g/mol. The molecule has 1 aliphatic rings. The van der Waals surface area contributed by atoms with Gasteiger partial charge in [-0.3, -0.25) is 20.2 Å². The van der Waals surface area contributed by atoms with Gasteiger partial charge in [-0.2, -0.15) is 26.3 Å². The fourth-order valence-electron chi connectivity index (χ4n) is 3.33. The first-order valence-corrected chi connectivity index (χ1v) is 7.66. The number of nitro benzene ring substituents is 2. The Morgan fingerprint density at radius 2 is 1.48 bits per heavy atom. The summed E-state index contributed by atoms with van der Waals surface area (Å²) in [5.74, 6) is -1.55. The van der Waals surface area contributed by atoms with Crippen molar-refractivity contribution < 1.29 is 41.3 Å². The zero-order chi connectivity index (χ0) is 21.9. The minimum atomic E-state index is -5.11. The van der Waals surface area contributed by atoms with Gasteiger partial charge in [0, 0.05) is 29.7 Å². The summed E-state index contributed by atoms with van der Waals surface area (Å²) >= 11 is 0. The lowest BCUT2D eigenvalue weighted by atomic mass is 9.98. The summed E-state index contributed by atoms with van der Waals surface area (Å²) < 4.78 is 80.0. The molecule has 29 heavy (non-hydrogen) atoms. The van der Waals surface area contributed by atoms with E-state index in [0.717, 1.165) is 6.07 Å². The molecule has 7 nitrogen and oxygen atoms in total. The lowest BCUT2D eigenvalue weighted by molar-refractivity contribution is -0.385. The van der Waals surface area contributed by atoms with Crippen LogP contribution in [0.2, 0.25) is 0 Å². The Morgan fingerprint density at radius 3 is 1.93 bits per heavy atom. The smallest absolute Gasteiger partial charge is 0.392 e. The van der Waals surface area contributed by atoms with E-state index in [1.54, 1.807) is 0 Å². The zero-order valence-corrected chi connectivity index (χ0v) is 13.8. The molecule has 0 bridgehead atoms. The Hall–Kier alpha value is -3.22. The van der Waals surface area contributed by atoms with Crippen LogP contribution in [0.15, 0.2) is 24.3 Å². The molecular formula is C16H8F6N2O5. The van der Waals surface area contributed by atoms with Gasteiger partial charge in [0.2, 0.25) is 0 Å². The molecule has 0 saturated carbocycles. The van der Waals surface area contributed by atoms with Gasteiger partial charge in [0.25, 0.3) is 11.4 Å². The van der Waals surface area contributed by atoms with E-state index in [1.807, 2.05) is 0 Å². The minimum Gasteiger partial charge on any atom is -0.392 e. The molecule has 0 heterocycles. The molecule has 13 heteroatoms. The summed E-state index contributed by atoms with van der Waals surface area (Å²) in [4.78, 5) is 19.7. The van der Waals surface area contributed by atoms with Gasteiger partial charge >= 0.3 is 12.4 Å². The first-order valence-electron chi connectivity index (χ1n) is 7.66. The van der Waals surface area contributed by atoms with Crippen LogP contribution in [0.5, 0.6) is 0 Å². The van der Waals surface area contributed by atoms with Gasteiger partial charge < -0.3 is 5.11 Å². The third kappa shape index (κ3) is 3.37. The maximum atomic E-state index is 13.4. The topological polar surface area (TPSA) is 107 Å². The Morgan fingerprint density at radius 1 is 0.897 bits per heavy atom. The first-order chi connectivity index (χ1) is 13.3. The summed E-state index contributed by atoms with van der Waals surface area (Å²) in [6, 6.07) is 1.80. The van der Waals surface area contributed by atoms with Crippen molar-refractivity contribution in [1.29, 1.82) is 0 Å². The van der Waals surface area contributed by atoms with E-state index in [1.165, 1.54) is 0 Å². The number of hydrogen-bond acceptors (Lipinski definition) is 5. The highest BCUT2D eigenvalue weighted by Gasteiger charge is 2.51. The SMILES string of the molecule is O=[N+]([O-])c1ccc([C@@H]2c3c([N+](=O)[O-])cc(C(F)(F)F)c(CO)c32)c(C(F)(F)F)c1. The highest BCUT2D eigenvalue weighted by Crippen LogP contribution is 2.59. The number of hydrogen-bond donors (Lipinski definition) is 1. The van der Waals surface area contributed by atoms with Gasteiger partial charge in [-0.05, 0) is 16.7 Å². The largest absolute Gasteiger partial charge is 0.417 e.